The molecule has 5 rings (SSSR count). The molecule has 1 unspecified atom stereocenters. The maximum absolute atomic E-state index is 5.58. The summed E-state index contributed by atoms with van der Waals surface area (Å²) in [7, 11) is 0. The first-order valence-electron chi connectivity index (χ1n) is 7.71. The van der Waals surface area contributed by atoms with E-state index in [4.69, 9.17) is 4.42 Å². The number of rotatable bonds is 1. The highest BCUT2D eigenvalue weighted by molar-refractivity contribution is 5.91. The number of aromatic amines is 1. The van der Waals surface area contributed by atoms with Gasteiger partial charge in [0.05, 0.1) is 17.7 Å². The summed E-state index contributed by atoms with van der Waals surface area (Å²) >= 11 is 0. The molecule has 110 valence electrons. The molecule has 2 aromatic heterocycles. The van der Waals surface area contributed by atoms with Gasteiger partial charge >= 0.3 is 0 Å². The molecular weight excluding hydrogens is 274 g/mol. The molecule has 0 radical (unpaired) electrons. The highest BCUT2D eigenvalue weighted by atomic mass is 16.3. The predicted molar refractivity (Wildman–Crippen MR) is 86.0 cm³/mol. The number of nitrogens with one attached hydrogen (secondary N) is 3. The first-order valence-corrected chi connectivity index (χ1v) is 7.71. The Hall–Kier alpha value is -2.46. The molecule has 1 aliphatic carbocycles. The summed E-state index contributed by atoms with van der Waals surface area (Å²) in [5.41, 5.74) is 14.5. The number of aromatic nitrogens is 1. The Balaban J connectivity index is 1.68. The van der Waals surface area contributed by atoms with E-state index < -0.39 is 0 Å². The van der Waals surface area contributed by atoms with Gasteiger partial charge in [0.2, 0.25) is 0 Å². The summed E-state index contributed by atoms with van der Waals surface area (Å²) in [5.74, 6) is 0.966. The molecule has 0 saturated carbocycles. The number of furan rings is 1. The quantitative estimate of drug-likeness (QED) is 0.642. The molecule has 4 nitrogen and oxygen atoms in total. The summed E-state index contributed by atoms with van der Waals surface area (Å²) in [6.45, 7) is 2.15. The van der Waals surface area contributed by atoms with E-state index in [-0.39, 0.29) is 6.04 Å². The zero-order chi connectivity index (χ0) is 14.7. The molecule has 22 heavy (non-hydrogen) atoms. The van der Waals surface area contributed by atoms with Gasteiger partial charge in [0, 0.05) is 10.9 Å². The Kier molecular flexibility index (Phi) is 2.35. The Morgan fingerprint density at radius 2 is 2.14 bits per heavy atom. The topological polar surface area (TPSA) is 53.0 Å². The van der Waals surface area contributed by atoms with Crippen LogP contribution in [0.1, 0.15) is 35.0 Å². The van der Waals surface area contributed by atoms with E-state index in [2.05, 4.69) is 41.0 Å². The van der Waals surface area contributed by atoms with Crippen LogP contribution in [0.2, 0.25) is 0 Å². The maximum Gasteiger partial charge on any atom is 0.126 e. The molecule has 3 heterocycles. The van der Waals surface area contributed by atoms with Gasteiger partial charge in [0.15, 0.2) is 0 Å². The standard InChI is InChI=1S/C18H17N3O/c1-10-4-7-14-13(9-10)11-5-6-12-16(15-3-2-8-22-15)20-21-18(12)17(11)19-14/h2-4,7-9,16,19-21H,5-6H2,1H3. The lowest BCUT2D eigenvalue weighted by molar-refractivity contribution is 0.442. The second-order valence-electron chi connectivity index (χ2n) is 6.15. The monoisotopic (exact) mass is 291 g/mol. The first-order chi connectivity index (χ1) is 10.8. The van der Waals surface area contributed by atoms with Gasteiger partial charge in [0.1, 0.15) is 11.8 Å². The summed E-state index contributed by atoms with van der Waals surface area (Å²) in [6, 6.07) is 10.7. The van der Waals surface area contributed by atoms with E-state index in [1.165, 1.54) is 39.0 Å². The molecule has 1 aromatic carbocycles. The average Bonchev–Trinajstić information content (AvgIpc) is 3.23. The van der Waals surface area contributed by atoms with Gasteiger partial charge in [-0.2, -0.15) is 0 Å². The Morgan fingerprint density at radius 3 is 3.00 bits per heavy atom. The summed E-state index contributed by atoms with van der Waals surface area (Å²) in [4.78, 5) is 3.59. The molecular formula is C18H17N3O. The lowest BCUT2D eigenvalue weighted by Gasteiger charge is -2.16. The lowest BCUT2D eigenvalue weighted by atomic mass is 9.89. The Labute approximate surface area is 128 Å². The van der Waals surface area contributed by atoms with E-state index in [1.54, 1.807) is 6.26 Å². The molecule has 1 atom stereocenters. The normalized spacial score (nSPS) is 20.1. The molecule has 0 bridgehead atoms. The van der Waals surface area contributed by atoms with Crippen molar-refractivity contribution >= 4 is 16.6 Å². The van der Waals surface area contributed by atoms with Gasteiger partial charge in [0.25, 0.3) is 0 Å². The van der Waals surface area contributed by atoms with Crippen LogP contribution in [0.15, 0.2) is 46.6 Å². The van der Waals surface area contributed by atoms with Gasteiger partial charge in [-0.25, -0.2) is 5.43 Å². The van der Waals surface area contributed by atoms with Crippen LogP contribution in [-0.2, 0) is 6.42 Å². The third kappa shape index (κ3) is 1.56. The number of H-pyrrole nitrogens is 1. The van der Waals surface area contributed by atoms with Crippen molar-refractivity contribution in [1.29, 1.82) is 0 Å². The Bertz CT molecular complexity index is 902. The van der Waals surface area contributed by atoms with Gasteiger partial charge in [-0.15, -0.1) is 0 Å². The van der Waals surface area contributed by atoms with Gasteiger partial charge in [-0.3, -0.25) is 0 Å². The number of hydrogen-bond acceptors (Lipinski definition) is 3. The molecule has 2 aliphatic rings. The molecule has 0 fully saturated rings. The largest absolute Gasteiger partial charge is 0.467 e. The van der Waals surface area contributed by atoms with Crippen LogP contribution >= 0.6 is 0 Å². The molecule has 3 N–H and O–H groups in total. The SMILES string of the molecule is Cc1ccc2[nH]c3c(c2c1)CCC1=C3NNC1c1ccco1. The van der Waals surface area contributed by atoms with Crippen LogP contribution in [0.25, 0.3) is 16.6 Å². The van der Waals surface area contributed by atoms with E-state index in [0.717, 1.165) is 18.6 Å². The van der Waals surface area contributed by atoms with Crippen molar-refractivity contribution in [3.63, 3.8) is 0 Å². The fraction of sp³-hybridized carbons (Fsp3) is 0.222. The molecule has 0 spiro atoms. The Morgan fingerprint density at radius 1 is 1.18 bits per heavy atom. The summed E-state index contributed by atoms with van der Waals surface area (Å²) < 4.78 is 5.58. The van der Waals surface area contributed by atoms with Crippen molar-refractivity contribution in [2.75, 3.05) is 0 Å². The van der Waals surface area contributed by atoms with Crippen molar-refractivity contribution in [2.45, 2.75) is 25.8 Å². The van der Waals surface area contributed by atoms with E-state index in [1.807, 2.05) is 12.1 Å². The lowest BCUT2D eigenvalue weighted by Crippen LogP contribution is -2.26. The van der Waals surface area contributed by atoms with Crippen LogP contribution < -0.4 is 10.9 Å². The second-order valence-corrected chi connectivity index (χ2v) is 6.15. The van der Waals surface area contributed by atoms with Crippen molar-refractivity contribution in [1.82, 2.24) is 15.8 Å². The molecule has 1 aliphatic heterocycles. The van der Waals surface area contributed by atoms with Crippen LogP contribution in [0.4, 0.5) is 0 Å². The number of benzene rings is 1. The van der Waals surface area contributed by atoms with E-state index in [9.17, 15) is 0 Å². The minimum atomic E-state index is 0.131. The van der Waals surface area contributed by atoms with Gasteiger partial charge < -0.3 is 14.8 Å². The van der Waals surface area contributed by atoms with Crippen LogP contribution in [-0.4, -0.2) is 4.98 Å². The smallest absolute Gasteiger partial charge is 0.126 e. The number of hydrogen-bond donors (Lipinski definition) is 3. The van der Waals surface area contributed by atoms with Crippen LogP contribution in [0.3, 0.4) is 0 Å². The third-order valence-electron chi connectivity index (χ3n) is 4.79. The molecule has 4 heteroatoms. The second kappa shape index (κ2) is 4.27. The first kappa shape index (κ1) is 12.1. The number of fused-ring (bicyclic) bond motifs is 4. The minimum Gasteiger partial charge on any atom is -0.467 e. The predicted octanol–water partition coefficient (Wildman–Crippen LogP) is 3.58. The third-order valence-corrected chi connectivity index (χ3v) is 4.79. The van der Waals surface area contributed by atoms with Crippen molar-refractivity contribution in [3.05, 3.63) is 64.7 Å². The molecule has 3 aromatic rings. The molecule has 0 saturated heterocycles. The highest BCUT2D eigenvalue weighted by Crippen LogP contribution is 2.41. The van der Waals surface area contributed by atoms with Crippen LogP contribution in [0.5, 0.6) is 0 Å². The van der Waals surface area contributed by atoms with Gasteiger partial charge in [-0.05, 0) is 55.2 Å². The van der Waals surface area contributed by atoms with Gasteiger partial charge in [-0.1, -0.05) is 11.6 Å². The molecule has 0 amide bonds. The van der Waals surface area contributed by atoms with E-state index in [0.29, 0.717) is 0 Å². The van der Waals surface area contributed by atoms with Crippen molar-refractivity contribution in [2.24, 2.45) is 0 Å². The highest BCUT2D eigenvalue weighted by Gasteiger charge is 2.34. The van der Waals surface area contributed by atoms with Crippen molar-refractivity contribution in [3.8, 4) is 0 Å². The summed E-state index contributed by atoms with van der Waals surface area (Å²) in [5, 5.41) is 1.35. The fourth-order valence-electron chi connectivity index (χ4n) is 3.74. The fourth-order valence-corrected chi connectivity index (χ4v) is 3.74. The maximum atomic E-state index is 5.58. The average molecular weight is 291 g/mol. The zero-order valence-corrected chi connectivity index (χ0v) is 12.4. The zero-order valence-electron chi connectivity index (χ0n) is 12.4. The number of hydrazine groups is 1. The summed E-state index contributed by atoms with van der Waals surface area (Å²) in [6.07, 6.45) is 3.85. The van der Waals surface area contributed by atoms with E-state index >= 15 is 0 Å². The number of aryl methyl sites for hydroxylation is 2. The minimum absolute atomic E-state index is 0.131. The van der Waals surface area contributed by atoms with Crippen molar-refractivity contribution < 1.29 is 4.42 Å². The van der Waals surface area contributed by atoms with Crippen LogP contribution in [0, 0.1) is 6.92 Å².